The first-order valence-corrected chi connectivity index (χ1v) is 14.8. The Morgan fingerprint density at radius 2 is 0.976 bits per heavy atom. The molecular weight excluding hydrogens is 516 g/mol. The zero-order valence-electron chi connectivity index (χ0n) is 22.2. The fourth-order valence-electron chi connectivity index (χ4n) is 6.56. The molecule has 0 radical (unpaired) electrons. The molecule has 9 rings (SSSR count). The number of thiophene rings is 1. The van der Waals surface area contributed by atoms with Crippen molar-refractivity contribution in [3.63, 3.8) is 0 Å². The van der Waals surface area contributed by atoms with Gasteiger partial charge in [-0.3, -0.25) is 0 Å². The van der Waals surface area contributed by atoms with E-state index < -0.39 is 0 Å². The normalized spacial score (nSPS) is 11.9. The van der Waals surface area contributed by atoms with Crippen molar-refractivity contribution in [2.75, 3.05) is 0 Å². The second kappa shape index (κ2) is 8.69. The molecule has 6 aromatic carbocycles. The zero-order valence-corrected chi connectivity index (χ0v) is 23.0. The van der Waals surface area contributed by atoms with Gasteiger partial charge < -0.3 is 9.13 Å². The molecule has 9 aromatic rings. The van der Waals surface area contributed by atoms with Crippen molar-refractivity contribution < 1.29 is 0 Å². The maximum atomic E-state index is 2.43. The average Bonchev–Trinajstić information content (AvgIpc) is 3.69. The Morgan fingerprint density at radius 1 is 0.390 bits per heavy atom. The summed E-state index contributed by atoms with van der Waals surface area (Å²) >= 11 is 1.91. The van der Waals surface area contributed by atoms with E-state index >= 15 is 0 Å². The molecule has 2 nitrogen and oxygen atoms in total. The standard InChI is InChI=1S/C38H24N2S/c1-3-12-26(13-4-1)39-33-20-9-7-16-29(33)32-24-25(22-23-35(32)39)28-18-11-19-31-36-38(41-37(28)31)30-17-8-10-21-34(30)40(36)27-14-5-2-6-15-27/h1-24H. The molecule has 3 aromatic heterocycles. The van der Waals surface area contributed by atoms with Crippen LogP contribution >= 0.6 is 11.3 Å². The third kappa shape index (κ3) is 3.24. The van der Waals surface area contributed by atoms with E-state index in [4.69, 9.17) is 0 Å². The van der Waals surface area contributed by atoms with Crippen LogP contribution in [0.1, 0.15) is 0 Å². The third-order valence-corrected chi connectivity index (χ3v) is 9.58. The van der Waals surface area contributed by atoms with E-state index in [0.717, 1.165) is 0 Å². The molecule has 0 saturated heterocycles. The number of nitrogens with zero attached hydrogens (tertiary/aromatic N) is 2. The first kappa shape index (κ1) is 22.7. The summed E-state index contributed by atoms with van der Waals surface area (Å²) in [6, 6.07) is 52.7. The van der Waals surface area contributed by atoms with Crippen LogP contribution < -0.4 is 0 Å². The number of hydrogen-bond donors (Lipinski definition) is 0. The molecule has 0 atom stereocenters. The monoisotopic (exact) mass is 540 g/mol. The van der Waals surface area contributed by atoms with Crippen LogP contribution in [-0.4, -0.2) is 9.13 Å². The summed E-state index contributed by atoms with van der Waals surface area (Å²) in [5, 5.41) is 5.16. The SMILES string of the molecule is c1ccc(-n2c3ccccc3c3cc(-c4cccc5c4sc4c6ccccc6n(-c6ccccc6)c54)ccc32)cc1. The maximum absolute atomic E-state index is 2.43. The Bertz CT molecular complexity index is 2410. The number of benzene rings is 6. The molecule has 3 heteroatoms. The van der Waals surface area contributed by atoms with Crippen LogP contribution in [0.4, 0.5) is 0 Å². The van der Waals surface area contributed by atoms with Gasteiger partial charge in [0, 0.05) is 37.6 Å². The molecule has 0 N–H and O–H groups in total. The van der Waals surface area contributed by atoms with Gasteiger partial charge in [-0.1, -0.05) is 97.1 Å². The van der Waals surface area contributed by atoms with Crippen molar-refractivity contribution in [3.8, 4) is 22.5 Å². The minimum absolute atomic E-state index is 1.18. The predicted molar refractivity (Wildman–Crippen MR) is 176 cm³/mol. The van der Waals surface area contributed by atoms with Gasteiger partial charge in [-0.2, -0.15) is 0 Å². The molecule has 0 amide bonds. The molecular formula is C38H24N2S. The predicted octanol–water partition coefficient (Wildman–Crippen LogP) is 10.8. The molecule has 0 aliphatic rings. The van der Waals surface area contributed by atoms with E-state index in [-0.39, 0.29) is 0 Å². The molecule has 0 saturated carbocycles. The lowest BCUT2D eigenvalue weighted by atomic mass is 10.0. The smallest absolute Gasteiger partial charge is 0.0727 e. The third-order valence-electron chi connectivity index (χ3n) is 8.31. The molecule has 0 aliphatic carbocycles. The van der Waals surface area contributed by atoms with E-state index in [1.54, 1.807) is 0 Å². The minimum atomic E-state index is 1.18. The van der Waals surface area contributed by atoms with Gasteiger partial charge in [-0.05, 0) is 59.7 Å². The minimum Gasteiger partial charge on any atom is -0.309 e. The fraction of sp³-hybridized carbons (Fsp3) is 0. The summed E-state index contributed by atoms with van der Waals surface area (Å²) in [5.41, 5.74) is 9.91. The van der Waals surface area contributed by atoms with Gasteiger partial charge in [0.15, 0.2) is 0 Å². The van der Waals surface area contributed by atoms with Crippen LogP contribution in [0.3, 0.4) is 0 Å². The number of fused-ring (bicyclic) bond motifs is 8. The Labute approximate surface area is 240 Å². The lowest BCUT2D eigenvalue weighted by Gasteiger charge is -2.09. The summed E-state index contributed by atoms with van der Waals surface area (Å²) < 4.78 is 7.49. The Morgan fingerprint density at radius 3 is 1.73 bits per heavy atom. The van der Waals surface area contributed by atoms with Crippen molar-refractivity contribution >= 4 is 64.3 Å². The molecule has 0 unspecified atom stereocenters. The highest BCUT2D eigenvalue weighted by atomic mass is 32.1. The van der Waals surface area contributed by atoms with Crippen molar-refractivity contribution in [1.82, 2.24) is 9.13 Å². The molecule has 0 fully saturated rings. The van der Waals surface area contributed by atoms with E-state index in [2.05, 4.69) is 155 Å². The van der Waals surface area contributed by atoms with Gasteiger partial charge >= 0.3 is 0 Å². The molecule has 0 spiro atoms. The Hall–Kier alpha value is -5.12. The van der Waals surface area contributed by atoms with E-state index in [0.29, 0.717) is 0 Å². The summed E-state index contributed by atoms with van der Waals surface area (Å²) in [5.74, 6) is 0. The van der Waals surface area contributed by atoms with Crippen molar-refractivity contribution in [3.05, 3.63) is 146 Å². The second-order valence-corrected chi connectivity index (χ2v) is 11.6. The van der Waals surface area contributed by atoms with Crippen LogP contribution in [0.15, 0.2) is 146 Å². The lowest BCUT2D eigenvalue weighted by molar-refractivity contribution is 1.18. The van der Waals surface area contributed by atoms with Gasteiger partial charge in [0.05, 0.1) is 26.8 Å². The molecule has 192 valence electrons. The number of aromatic nitrogens is 2. The van der Waals surface area contributed by atoms with Crippen LogP contribution in [0.25, 0.3) is 75.5 Å². The Balaban J connectivity index is 1.33. The van der Waals surface area contributed by atoms with E-state index in [1.807, 2.05) is 11.3 Å². The van der Waals surface area contributed by atoms with Gasteiger partial charge in [-0.25, -0.2) is 0 Å². The maximum Gasteiger partial charge on any atom is 0.0727 e. The highest BCUT2D eigenvalue weighted by Gasteiger charge is 2.20. The van der Waals surface area contributed by atoms with Crippen LogP contribution in [0, 0.1) is 0 Å². The molecule has 41 heavy (non-hydrogen) atoms. The van der Waals surface area contributed by atoms with Gasteiger partial charge in [0.2, 0.25) is 0 Å². The topological polar surface area (TPSA) is 9.86 Å². The van der Waals surface area contributed by atoms with Crippen LogP contribution in [0.2, 0.25) is 0 Å². The van der Waals surface area contributed by atoms with Gasteiger partial charge in [0.25, 0.3) is 0 Å². The first-order valence-electron chi connectivity index (χ1n) is 14.0. The fourth-order valence-corrected chi connectivity index (χ4v) is 7.92. The second-order valence-electron chi connectivity index (χ2n) is 10.6. The quantitative estimate of drug-likeness (QED) is 0.211. The van der Waals surface area contributed by atoms with Gasteiger partial charge in [0.1, 0.15) is 0 Å². The summed E-state index contributed by atoms with van der Waals surface area (Å²) in [6.45, 7) is 0. The van der Waals surface area contributed by atoms with Crippen molar-refractivity contribution in [1.29, 1.82) is 0 Å². The van der Waals surface area contributed by atoms with Crippen molar-refractivity contribution in [2.24, 2.45) is 0 Å². The van der Waals surface area contributed by atoms with E-state index in [1.165, 1.54) is 75.5 Å². The number of para-hydroxylation sites is 4. The van der Waals surface area contributed by atoms with Crippen LogP contribution in [0.5, 0.6) is 0 Å². The lowest BCUT2D eigenvalue weighted by Crippen LogP contribution is -1.93. The molecule has 3 heterocycles. The largest absolute Gasteiger partial charge is 0.309 e. The highest BCUT2D eigenvalue weighted by molar-refractivity contribution is 7.27. The summed E-state index contributed by atoms with van der Waals surface area (Å²) in [7, 11) is 0. The zero-order chi connectivity index (χ0) is 26.9. The summed E-state index contributed by atoms with van der Waals surface area (Å²) in [6.07, 6.45) is 0. The Kier molecular flexibility index (Phi) is 4.80. The highest BCUT2D eigenvalue weighted by Crippen LogP contribution is 2.46. The first-order chi connectivity index (χ1) is 20.4. The number of hydrogen-bond acceptors (Lipinski definition) is 1. The number of rotatable bonds is 3. The average molecular weight is 541 g/mol. The van der Waals surface area contributed by atoms with Crippen molar-refractivity contribution in [2.45, 2.75) is 0 Å². The van der Waals surface area contributed by atoms with E-state index in [9.17, 15) is 0 Å². The van der Waals surface area contributed by atoms with Crippen LogP contribution in [-0.2, 0) is 0 Å². The molecule has 0 aliphatic heterocycles. The summed E-state index contributed by atoms with van der Waals surface area (Å²) in [4.78, 5) is 0. The molecule has 0 bridgehead atoms. The van der Waals surface area contributed by atoms with Gasteiger partial charge in [-0.15, -0.1) is 11.3 Å².